The van der Waals surface area contributed by atoms with Crippen LogP contribution in [0.15, 0.2) is 60.2 Å². The Balaban J connectivity index is 1.66. The average Bonchev–Trinajstić information content (AvgIpc) is 2.79. The molecule has 4 rings (SSSR count). The van der Waals surface area contributed by atoms with Gasteiger partial charge < -0.3 is 9.80 Å². The molecular formula is C21H26N2. The number of likely N-dealkylation sites (tertiary alicyclic amines) is 1. The molecule has 2 heteroatoms. The van der Waals surface area contributed by atoms with E-state index in [2.05, 4.69) is 71.5 Å². The van der Waals surface area contributed by atoms with Gasteiger partial charge in [0.25, 0.3) is 0 Å². The molecule has 2 aliphatic heterocycles. The van der Waals surface area contributed by atoms with Crippen molar-refractivity contribution in [1.29, 1.82) is 0 Å². The maximum Gasteiger partial charge on any atom is 0.0429 e. The van der Waals surface area contributed by atoms with Gasteiger partial charge in [-0.05, 0) is 50.1 Å². The van der Waals surface area contributed by atoms with Gasteiger partial charge in [-0.25, -0.2) is 0 Å². The van der Waals surface area contributed by atoms with E-state index in [4.69, 9.17) is 0 Å². The van der Waals surface area contributed by atoms with Crippen LogP contribution < -0.4 is 4.90 Å². The summed E-state index contributed by atoms with van der Waals surface area (Å²) in [6, 6.07) is 9.73. The van der Waals surface area contributed by atoms with Crippen molar-refractivity contribution in [2.75, 3.05) is 31.6 Å². The maximum absolute atomic E-state index is 2.68. The molecule has 2 nitrogen and oxygen atoms in total. The first-order valence-corrected chi connectivity index (χ1v) is 8.89. The van der Waals surface area contributed by atoms with Gasteiger partial charge in [0.05, 0.1) is 0 Å². The molecule has 2 heterocycles. The number of anilines is 1. The summed E-state index contributed by atoms with van der Waals surface area (Å²) >= 11 is 0. The van der Waals surface area contributed by atoms with Crippen LogP contribution >= 0.6 is 0 Å². The van der Waals surface area contributed by atoms with Gasteiger partial charge in [0, 0.05) is 30.7 Å². The van der Waals surface area contributed by atoms with E-state index in [0.29, 0.717) is 12.0 Å². The molecule has 23 heavy (non-hydrogen) atoms. The highest BCUT2D eigenvalue weighted by molar-refractivity contribution is 5.63. The van der Waals surface area contributed by atoms with Gasteiger partial charge in [-0.15, -0.1) is 0 Å². The lowest BCUT2D eigenvalue weighted by atomic mass is 9.93. The summed E-state index contributed by atoms with van der Waals surface area (Å²) in [6.45, 7) is 3.46. The first-order valence-electron chi connectivity index (χ1n) is 8.89. The molecule has 0 N–H and O–H groups in total. The standard InChI is InChI=1S/C21H26N2/c1-22-14-8-13-21-19(16-22)18-11-6-7-12-20(18)23(21)15-17-9-4-2-3-5-10-17/h2-4,6-7,9-12,19,21H,5,8,13-16H2,1H3. The number of para-hydroxylation sites is 1. The van der Waals surface area contributed by atoms with E-state index < -0.39 is 0 Å². The van der Waals surface area contributed by atoms with Crippen LogP contribution in [0, 0.1) is 0 Å². The Kier molecular flexibility index (Phi) is 4.09. The Labute approximate surface area is 139 Å². The first-order chi connectivity index (χ1) is 11.3. The topological polar surface area (TPSA) is 6.48 Å². The number of allylic oxidation sites excluding steroid dienone is 4. The molecule has 0 radical (unpaired) electrons. The molecule has 1 aromatic rings. The van der Waals surface area contributed by atoms with Crippen LogP contribution in [0.25, 0.3) is 0 Å². The van der Waals surface area contributed by atoms with Crippen LogP contribution in [0.4, 0.5) is 5.69 Å². The van der Waals surface area contributed by atoms with Crippen LogP contribution in [0.1, 0.15) is 30.7 Å². The van der Waals surface area contributed by atoms with Gasteiger partial charge in [0.2, 0.25) is 0 Å². The number of fused-ring (bicyclic) bond motifs is 3. The van der Waals surface area contributed by atoms with Crippen molar-refractivity contribution in [2.24, 2.45) is 0 Å². The van der Waals surface area contributed by atoms with Gasteiger partial charge >= 0.3 is 0 Å². The van der Waals surface area contributed by atoms with Crippen molar-refractivity contribution >= 4 is 5.69 Å². The van der Waals surface area contributed by atoms with Gasteiger partial charge in [0.15, 0.2) is 0 Å². The Morgan fingerprint density at radius 3 is 3.04 bits per heavy atom. The quantitative estimate of drug-likeness (QED) is 0.810. The van der Waals surface area contributed by atoms with E-state index in [-0.39, 0.29) is 0 Å². The van der Waals surface area contributed by atoms with E-state index in [9.17, 15) is 0 Å². The monoisotopic (exact) mass is 306 g/mol. The molecule has 1 fully saturated rings. The fraction of sp³-hybridized carbons (Fsp3) is 0.429. The highest BCUT2D eigenvalue weighted by Crippen LogP contribution is 2.44. The molecule has 1 aliphatic carbocycles. The fourth-order valence-corrected chi connectivity index (χ4v) is 4.38. The summed E-state index contributed by atoms with van der Waals surface area (Å²) in [5.41, 5.74) is 4.47. The van der Waals surface area contributed by atoms with Crippen LogP contribution in [0.2, 0.25) is 0 Å². The summed E-state index contributed by atoms with van der Waals surface area (Å²) in [5, 5.41) is 0. The molecule has 0 aromatic heterocycles. The largest absolute Gasteiger partial charge is 0.363 e. The summed E-state index contributed by atoms with van der Waals surface area (Å²) < 4.78 is 0. The number of nitrogens with zero attached hydrogens (tertiary/aromatic N) is 2. The van der Waals surface area contributed by atoms with Crippen LogP contribution in [-0.4, -0.2) is 37.6 Å². The number of hydrogen-bond donors (Lipinski definition) is 0. The minimum absolute atomic E-state index is 0.655. The van der Waals surface area contributed by atoms with Gasteiger partial charge in [-0.1, -0.05) is 48.6 Å². The van der Waals surface area contributed by atoms with E-state index in [1.54, 1.807) is 5.56 Å². The van der Waals surface area contributed by atoms with E-state index in [1.165, 1.54) is 37.2 Å². The highest BCUT2D eigenvalue weighted by Gasteiger charge is 2.39. The zero-order chi connectivity index (χ0) is 15.6. The summed E-state index contributed by atoms with van der Waals surface area (Å²) in [7, 11) is 2.27. The Hall–Kier alpha value is -1.80. The molecule has 1 aromatic carbocycles. The van der Waals surface area contributed by atoms with Crippen LogP contribution in [0.5, 0.6) is 0 Å². The van der Waals surface area contributed by atoms with Crippen molar-refractivity contribution in [2.45, 2.75) is 31.2 Å². The lowest BCUT2D eigenvalue weighted by molar-refractivity contribution is 0.330. The zero-order valence-corrected chi connectivity index (χ0v) is 14.0. The molecule has 2 atom stereocenters. The summed E-state index contributed by atoms with van der Waals surface area (Å²) in [6.07, 6.45) is 14.9. The van der Waals surface area contributed by atoms with Gasteiger partial charge in [0.1, 0.15) is 0 Å². The Morgan fingerprint density at radius 1 is 1.17 bits per heavy atom. The van der Waals surface area contributed by atoms with Gasteiger partial charge in [-0.3, -0.25) is 0 Å². The predicted molar refractivity (Wildman–Crippen MR) is 98.0 cm³/mol. The SMILES string of the molecule is CN1CCCC2C(C1)c1ccccc1N2CC1=CCC=CC=C1. The van der Waals surface area contributed by atoms with Gasteiger partial charge in [-0.2, -0.15) is 0 Å². The minimum atomic E-state index is 0.655. The summed E-state index contributed by atoms with van der Waals surface area (Å²) in [4.78, 5) is 5.19. The maximum atomic E-state index is 2.68. The second-order valence-electron chi connectivity index (χ2n) is 7.07. The first kappa shape index (κ1) is 14.8. The van der Waals surface area contributed by atoms with E-state index in [0.717, 1.165) is 13.0 Å². The van der Waals surface area contributed by atoms with Crippen LogP contribution in [0.3, 0.4) is 0 Å². The molecule has 0 amide bonds. The number of hydrogen-bond acceptors (Lipinski definition) is 2. The third-order valence-corrected chi connectivity index (χ3v) is 5.49. The molecule has 0 spiro atoms. The third-order valence-electron chi connectivity index (χ3n) is 5.49. The second kappa shape index (κ2) is 6.37. The number of likely N-dealkylation sites (N-methyl/N-ethyl adjacent to an activating group) is 1. The molecule has 0 saturated carbocycles. The molecule has 0 bridgehead atoms. The average molecular weight is 306 g/mol. The predicted octanol–water partition coefficient (Wildman–Crippen LogP) is 4.13. The van der Waals surface area contributed by atoms with Crippen molar-refractivity contribution in [3.8, 4) is 0 Å². The minimum Gasteiger partial charge on any atom is -0.363 e. The van der Waals surface area contributed by atoms with Crippen molar-refractivity contribution in [1.82, 2.24) is 4.90 Å². The van der Waals surface area contributed by atoms with Crippen molar-refractivity contribution < 1.29 is 0 Å². The van der Waals surface area contributed by atoms with E-state index in [1.807, 2.05) is 0 Å². The zero-order valence-electron chi connectivity index (χ0n) is 14.0. The number of benzene rings is 1. The van der Waals surface area contributed by atoms with Crippen LogP contribution in [-0.2, 0) is 0 Å². The number of rotatable bonds is 2. The Bertz CT molecular complexity index is 656. The highest BCUT2D eigenvalue weighted by atomic mass is 15.2. The molecular weight excluding hydrogens is 280 g/mol. The molecule has 1 saturated heterocycles. The molecule has 2 unspecified atom stereocenters. The molecule has 120 valence electrons. The smallest absolute Gasteiger partial charge is 0.0429 e. The summed E-state index contributed by atoms with van der Waals surface area (Å²) in [5.74, 6) is 0.659. The van der Waals surface area contributed by atoms with E-state index >= 15 is 0 Å². The Morgan fingerprint density at radius 2 is 2.09 bits per heavy atom. The lowest BCUT2D eigenvalue weighted by Gasteiger charge is -2.30. The third kappa shape index (κ3) is 2.88. The van der Waals surface area contributed by atoms with Crippen molar-refractivity contribution in [3.63, 3.8) is 0 Å². The lowest BCUT2D eigenvalue weighted by Crippen LogP contribution is -2.36. The normalized spacial score (nSPS) is 27.2. The molecule has 3 aliphatic rings. The second-order valence-corrected chi connectivity index (χ2v) is 7.07. The fourth-order valence-electron chi connectivity index (χ4n) is 4.38. The van der Waals surface area contributed by atoms with Crippen molar-refractivity contribution in [3.05, 3.63) is 65.8 Å².